The molecular weight excluding hydrogens is 465 g/mol. The third-order valence-electron chi connectivity index (χ3n) is 6.16. The van der Waals surface area contributed by atoms with Crippen LogP contribution in [0.15, 0.2) is 30.3 Å². The minimum atomic E-state index is -4.65. The molecule has 0 spiro atoms. The zero-order chi connectivity index (χ0) is 24.7. The third-order valence-corrected chi connectivity index (χ3v) is 7.24. The predicted molar refractivity (Wildman–Crippen MR) is 127 cm³/mol. The summed E-state index contributed by atoms with van der Waals surface area (Å²) < 4.78 is 39.9. The second-order valence-corrected chi connectivity index (χ2v) is 10.1. The number of rotatable bonds is 5. The first-order valence-electron chi connectivity index (χ1n) is 11.2. The van der Waals surface area contributed by atoms with E-state index in [2.05, 4.69) is 22.1 Å². The lowest BCUT2D eigenvalue weighted by Crippen LogP contribution is -2.33. The smallest absolute Gasteiger partial charge is 0.386 e. The van der Waals surface area contributed by atoms with E-state index >= 15 is 0 Å². The van der Waals surface area contributed by atoms with Crippen LogP contribution >= 0.6 is 11.3 Å². The van der Waals surface area contributed by atoms with Crippen molar-refractivity contribution in [1.29, 1.82) is 0 Å². The van der Waals surface area contributed by atoms with Gasteiger partial charge in [0.25, 0.3) is 5.91 Å². The Morgan fingerprint density at radius 3 is 2.53 bits per heavy atom. The van der Waals surface area contributed by atoms with Crippen LogP contribution in [-0.4, -0.2) is 34.1 Å². The molecule has 1 saturated heterocycles. The number of amides is 1. The predicted octanol–water partition coefficient (Wildman–Crippen LogP) is 5.82. The van der Waals surface area contributed by atoms with Gasteiger partial charge in [-0.25, -0.2) is 9.97 Å². The molecule has 3 aromatic rings. The fraction of sp³-hybridized carbons (Fsp3) is 0.458. The maximum absolute atomic E-state index is 13.0. The molecule has 2 N–H and O–H groups in total. The highest BCUT2D eigenvalue weighted by Crippen LogP contribution is 2.38. The number of fused-ring (bicyclic) bond motifs is 1. The van der Waals surface area contributed by atoms with Gasteiger partial charge in [0.15, 0.2) is 5.13 Å². The molecule has 1 aliphatic rings. The average molecular weight is 493 g/mol. The van der Waals surface area contributed by atoms with Crippen LogP contribution in [0.25, 0.3) is 10.2 Å². The zero-order valence-electron chi connectivity index (χ0n) is 19.2. The van der Waals surface area contributed by atoms with Crippen LogP contribution in [0.2, 0.25) is 0 Å². The maximum atomic E-state index is 13.0. The summed E-state index contributed by atoms with van der Waals surface area (Å²) in [5.74, 6) is -0.0546. The van der Waals surface area contributed by atoms with E-state index in [1.54, 1.807) is 26.0 Å². The summed E-state index contributed by atoms with van der Waals surface area (Å²) in [6.07, 6.45) is -1.25. The van der Waals surface area contributed by atoms with E-state index in [4.69, 9.17) is 4.98 Å². The van der Waals surface area contributed by atoms with Crippen LogP contribution in [-0.2, 0) is 11.8 Å². The van der Waals surface area contributed by atoms with Crippen LogP contribution in [0, 0.1) is 5.92 Å². The molecule has 0 bridgehead atoms. The van der Waals surface area contributed by atoms with Crippen LogP contribution in [0.1, 0.15) is 61.8 Å². The van der Waals surface area contributed by atoms with Crippen molar-refractivity contribution in [3.63, 3.8) is 0 Å². The van der Waals surface area contributed by atoms with E-state index in [-0.39, 0.29) is 5.69 Å². The summed E-state index contributed by atoms with van der Waals surface area (Å²) in [7, 11) is 0. The molecule has 0 saturated carbocycles. The van der Waals surface area contributed by atoms with Crippen molar-refractivity contribution in [2.45, 2.75) is 51.8 Å². The number of aliphatic hydroxyl groups is 1. The average Bonchev–Trinajstić information content (AvgIpc) is 3.20. The van der Waals surface area contributed by atoms with Crippen molar-refractivity contribution in [2.24, 2.45) is 5.92 Å². The van der Waals surface area contributed by atoms with E-state index in [9.17, 15) is 23.1 Å². The molecule has 2 aromatic heterocycles. The van der Waals surface area contributed by atoms with Crippen molar-refractivity contribution < 1.29 is 23.1 Å². The Morgan fingerprint density at radius 2 is 1.91 bits per heavy atom. The fourth-order valence-corrected chi connectivity index (χ4v) is 5.18. The topological polar surface area (TPSA) is 78.4 Å². The van der Waals surface area contributed by atoms with Crippen molar-refractivity contribution in [3.05, 3.63) is 47.3 Å². The van der Waals surface area contributed by atoms with Crippen LogP contribution in [0.5, 0.6) is 0 Å². The largest absolute Gasteiger partial charge is 0.433 e. The van der Waals surface area contributed by atoms with Gasteiger partial charge in [-0.05, 0) is 56.9 Å². The van der Waals surface area contributed by atoms with Gasteiger partial charge in [-0.1, -0.05) is 30.7 Å². The lowest BCUT2D eigenvalue weighted by molar-refractivity contribution is -0.141. The molecule has 0 radical (unpaired) electrons. The van der Waals surface area contributed by atoms with Gasteiger partial charge < -0.3 is 15.3 Å². The minimum absolute atomic E-state index is 0.309. The Bertz CT molecular complexity index is 1200. The zero-order valence-corrected chi connectivity index (χ0v) is 20.1. The number of hydrogen-bond acceptors (Lipinski definition) is 6. The molecule has 6 nitrogen and oxygen atoms in total. The van der Waals surface area contributed by atoms with E-state index in [0.29, 0.717) is 16.8 Å². The Hall–Kier alpha value is -2.72. The van der Waals surface area contributed by atoms with Crippen LogP contribution < -0.4 is 10.2 Å². The van der Waals surface area contributed by atoms with Gasteiger partial charge in [0.1, 0.15) is 11.4 Å². The van der Waals surface area contributed by atoms with Crippen molar-refractivity contribution in [2.75, 3.05) is 23.3 Å². The van der Waals surface area contributed by atoms with Crippen molar-refractivity contribution in [1.82, 2.24) is 9.97 Å². The molecule has 1 aliphatic heterocycles. The first-order chi connectivity index (χ1) is 16.0. The van der Waals surface area contributed by atoms with E-state index < -0.39 is 23.4 Å². The van der Waals surface area contributed by atoms with Gasteiger partial charge in [0, 0.05) is 24.3 Å². The van der Waals surface area contributed by atoms with E-state index in [0.717, 1.165) is 53.8 Å². The SMILES string of the molecule is CCC1CCN(c2nc3cc(C(C)(C)O)c(NC(=O)c4cccc(C(F)(F)F)n4)cc3s2)CC1. The highest BCUT2D eigenvalue weighted by molar-refractivity contribution is 7.22. The quantitative estimate of drug-likeness (QED) is 0.470. The van der Waals surface area contributed by atoms with Gasteiger partial charge in [-0.2, -0.15) is 13.2 Å². The van der Waals surface area contributed by atoms with Crippen LogP contribution in [0.3, 0.4) is 0 Å². The number of anilines is 2. The lowest BCUT2D eigenvalue weighted by atomic mass is 9.95. The number of thiazole rings is 1. The first-order valence-corrected chi connectivity index (χ1v) is 12.1. The molecule has 182 valence electrons. The number of nitrogens with one attached hydrogen (secondary N) is 1. The highest BCUT2D eigenvalue weighted by Gasteiger charge is 2.33. The number of hydrogen-bond donors (Lipinski definition) is 2. The Balaban J connectivity index is 1.66. The van der Waals surface area contributed by atoms with Crippen LogP contribution in [0.4, 0.5) is 24.0 Å². The summed E-state index contributed by atoms with van der Waals surface area (Å²) in [4.78, 5) is 23.3. The number of benzene rings is 1. The number of alkyl halides is 3. The Kier molecular flexibility index (Phi) is 6.56. The summed E-state index contributed by atoms with van der Waals surface area (Å²) in [6, 6.07) is 6.62. The maximum Gasteiger partial charge on any atom is 0.433 e. The summed E-state index contributed by atoms with van der Waals surface area (Å²) in [5, 5.41) is 14.3. The van der Waals surface area contributed by atoms with E-state index in [1.165, 1.54) is 23.8 Å². The number of carbonyl (C=O) groups is 1. The number of carbonyl (C=O) groups excluding carboxylic acids is 1. The summed E-state index contributed by atoms with van der Waals surface area (Å²) in [6.45, 7) is 7.23. The molecular formula is C24H27F3N4O2S. The summed E-state index contributed by atoms with van der Waals surface area (Å²) >= 11 is 1.49. The van der Waals surface area contributed by atoms with Gasteiger partial charge in [0.2, 0.25) is 0 Å². The molecule has 4 rings (SSSR count). The molecule has 1 fully saturated rings. The second kappa shape index (κ2) is 9.14. The molecule has 1 aromatic carbocycles. The molecule has 3 heterocycles. The normalized spacial score (nSPS) is 15.7. The molecule has 0 aliphatic carbocycles. The first kappa shape index (κ1) is 24.4. The monoisotopic (exact) mass is 492 g/mol. The molecule has 1 amide bonds. The third kappa shape index (κ3) is 5.17. The number of aromatic nitrogens is 2. The van der Waals surface area contributed by atoms with Gasteiger partial charge in [0.05, 0.1) is 15.8 Å². The van der Waals surface area contributed by atoms with Gasteiger partial charge in [-0.3, -0.25) is 4.79 Å². The van der Waals surface area contributed by atoms with Gasteiger partial charge >= 0.3 is 6.18 Å². The number of nitrogens with zero attached hydrogens (tertiary/aromatic N) is 3. The Morgan fingerprint density at radius 1 is 1.21 bits per heavy atom. The summed E-state index contributed by atoms with van der Waals surface area (Å²) in [5.41, 5.74) is -1.39. The molecule has 10 heteroatoms. The second-order valence-electron chi connectivity index (χ2n) is 9.12. The lowest BCUT2D eigenvalue weighted by Gasteiger charge is -2.31. The molecule has 0 atom stereocenters. The number of pyridine rings is 1. The molecule has 0 unspecified atom stereocenters. The Labute approximate surface area is 199 Å². The van der Waals surface area contributed by atoms with Gasteiger partial charge in [-0.15, -0.1) is 0 Å². The number of piperidine rings is 1. The van der Waals surface area contributed by atoms with Crippen molar-refractivity contribution in [3.8, 4) is 0 Å². The number of halogens is 3. The van der Waals surface area contributed by atoms with E-state index in [1.807, 2.05) is 0 Å². The standard InChI is InChI=1S/C24H27F3N4O2S/c1-4-14-8-10-31(11-9-14)22-30-18-12-15(23(2,3)33)17(13-19(18)34-22)29-21(32)16-6-5-7-20(28-16)24(25,26)27/h5-7,12-14,33H,4,8-11H2,1-3H3,(H,29,32). The van der Waals surface area contributed by atoms with Crippen molar-refractivity contribution >= 4 is 38.3 Å². The molecule has 34 heavy (non-hydrogen) atoms. The minimum Gasteiger partial charge on any atom is -0.386 e. The fourth-order valence-electron chi connectivity index (χ4n) is 4.14. The highest BCUT2D eigenvalue weighted by atomic mass is 32.1.